The first-order valence-corrected chi connectivity index (χ1v) is 11.5. The smallest absolute Gasteiger partial charge is 0.258 e. The van der Waals surface area contributed by atoms with Crippen LogP contribution in [-0.4, -0.2) is 40.6 Å². The molecule has 0 bridgehead atoms. The van der Waals surface area contributed by atoms with Crippen LogP contribution in [0, 0.1) is 0 Å². The summed E-state index contributed by atoms with van der Waals surface area (Å²) in [5, 5.41) is 5.86. The molecular formula is C27H26N4O3. The maximum atomic E-state index is 12.5. The zero-order chi connectivity index (χ0) is 23.3. The maximum Gasteiger partial charge on any atom is 0.258 e. The van der Waals surface area contributed by atoms with Gasteiger partial charge >= 0.3 is 0 Å². The lowest BCUT2D eigenvalue weighted by Gasteiger charge is -2.09. The van der Waals surface area contributed by atoms with Crippen molar-refractivity contribution in [1.29, 1.82) is 0 Å². The van der Waals surface area contributed by atoms with E-state index in [4.69, 9.17) is 4.74 Å². The van der Waals surface area contributed by atoms with Gasteiger partial charge < -0.3 is 15.4 Å². The zero-order valence-corrected chi connectivity index (χ0v) is 18.7. The molecule has 3 aromatic carbocycles. The van der Waals surface area contributed by atoms with Crippen molar-refractivity contribution in [3.63, 3.8) is 0 Å². The highest BCUT2D eigenvalue weighted by Gasteiger charge is 2.23. The monoisotopic (exact) mass is 454 g/mol. The zero-order valence-electron chi connectivity index (χ0n) is 18.7. The molecule has 1 aromatic heterocycles. The predicted molar refractivity (Wildman–Crippen MR) is 130 cm³/mol. The van der Waals surface area contributed by atoms with Crippen LogP contribution in [0.15, 0.2) is 79.1 Å². The van der Waals surface area contributed by atoms with Gasteiger partial charge in [-0.05, 0) is 73.4 Å². The molecule has 4 aromatic rings. The van der Waals surface area contributed by atoms with E-state index in [9.17, 15) is 9.59 Å². The molecule has 0 unspecified atom stereocenters. The summed E-state index contributed by atoms with van der Waals surface area (Å²) in [6.07, 6.45) is 4.61. The Kier molecular flexibility index (Phi) is 6.25. The molecule has 1 aliphatic rings. The standard InChI is InChI=1S/C27H26N4O3/c32-26(30-21-9-10-21)17-34-23-13-5-19(6-14-23)15-16-28-27(33)20-7-11-22(12-8-20)31-18-29-24-3-1-2-4-25(24)31/h1-8,11-14,18,21H,9-10,15-17H2,(H,28,33)(H,30,32). The summed E-state index contributed by atoms with van der Waals surface area (Å²) in [6, 6.07) is 23.4. The van der Waals surface area contributed by atoms with E-state index in [2.05, 4.69) is 15.6 Å². The predicted octanol–water partition coefficient (Wildman–Crippen LogP) is 3.66. The Morgan fingerprint density at radius 2 is 1.74 bits per heavy atom. The van der Waals surface area contributed by atoms with Crippen LogP contribution < -0.4 is 15.4 Å². The Labute approximate surface area is 197 Å². The number of rotatable bonds is 9. The highest BCUT2D eigenvalue weighted by Crippen LogP contribution is 2.19. The highest BCUT2D eigenvalue weighted by atomic mass is 16.5. The summed E-state index contributed by atoms with van der Waals surface area (Å²) in [4.78, 5) is 28.7. The molecule has 2 N–H and O–H groups in total. The number of carbonyl (C=O) groups is 2. The van der Waals surface area contributed by atoms with E-state index in [-0.39, 0.29) is 18.4 Å². The lowest BCUT2D eigenvalue weighted by molar-refractivity contribution is -0.123. The first-order chi connectivity index (χ1) is 16.7. The lowest BCUT2D eigenvalue weighted by atomic mass is 10.1. The summed E-state index contributed by atoms with van der Waals surface area (Å²) in [6.45, 7) is 0.554. The molecule has 1 aliphatic carbocycles. The van der Waals surface area contributed by atoms with Gasteiger partial charge in [0.1, 0.15) is 12.1 Å². The van der Waals surface area contributed by atoms with Crippen molar-refractivity contribution in [3.8, 4) is 11.4 Å². The van der Waals surface area contributed by atoms with E-state index >= 15 is 0 Å². The third-order valence-corrected chi connectivity index (χ3v) is 5.80. The Morgan fingerprint density at radius 1 is 0.971 bits per heavy atom. The summed E-state index contributed by atoms with van der Waals surface area (Å²) in [5.74, 6) is 0.467. The van der Waals surface area contributed by atoms with Crippen molar-refractivity contribution in [2.45, 2.75) is 25.3 Å². The molecule has 5 rings (SSSR count). The van der Waals surface area contributed by atoms with E-state index in [1.54, 1.807) is 6.33 Å². The van der Waals surface area contributed by atoms with Gasteiger partial charge in [-0.25, -0.2) is 4.98 Å². The normalized spacial score (nSPS) is 12.9. The molecule has 172 valence electrons. The van der Waals surface area contributed by atoms with Gasteiger partial charge in [0.05, 0.1) is 11.0 Å². The van der Waals surface area contributed by atoms with Crippen LogP contribution in [0.1, 0.15) is 28.8 Å². The number of carbonyl (C=O) groups excluding carboxylic acids is 2. The molecule has 7 heteroatoms. The summed E-state index contributed by atoms with van der Waals surface area (Å²) < 4.78 is 7.53. The molecule has 0 spiro atoms. The molecule has 34 heavy (non-hydrogen) atoms. The molecule has 1 fully saturated rings. The Hall–Kier alpha value is -4.13. The molecule has 0 atom stereocenters. The van der Waals surface area contributed by atoms with Crippen LogP contribution in [0.4, 0.5) is 0 Å². The Bertz CT molecular complexity index is 1290. The third kappa shape index (κ3) is 5.26. The second kappa shape index (κ2) is 9.79. The number of hydrogen-bond donors (Lipinski definition) is 2. The molecule has 0 aliphatic heterocycles. The van der Waals surface area contributed by atoms with Crippen molar-refractivity contribution < 1.29 is 14.3 Å². The molecule has 1 heterocycles. The number of hydrogen-bond acceptors (Lipinski definition) is 4. The molecule has 2 amide bonds. The van der Waals surface area contributed by atoms with Gasteiger partial charge in [0.2, 0.25) is 0 Å². The number of amides is 2. The fraction of sp³-hybridized carbons (Fsp3) is 0.222. The SMILES string of the molecule is O=C(COc1ccc(CCNC(=O)c2ccc(-n3cnc4ccccc43)cc2)cc1)NC1CC1. The Balaban J connectivity index is 1.09. The third-order valence-electron chi connectivity index (χ3n) is 5.80. The van der Waals surface area contributed by atoms with Crippen molar-refractivity contribution in [3.05, 3.63) is 90.3 Å². The van der Waals surface area contributed by atoms with Crippen LogP contribution in [0.5, 0.6) is 5.75 Å². The minimum absolute atomic E-state index is 0.0295. The van der Waals surface area contributed by atoms with Crippen molar-refractivity contribution in [2.75, 3.05) is 13.2 Å². The maximum absolute atomic E-state index is 12.5. The van der Waals surface area contributed by atoms with Gasteiger partial charge in [-0.3, -0.25) is 14.2 Å². The first-order valence-electron chi connectivity index (χ1n) is 11.5. The fourth-order valence-electron chi connectivity index (χ4n) is 3.76. The summed E-state index contributed by atoms with van der Waals surface area (Å²) in [5.41, 5.74) is 4.61. The second-order valence-corrected chi connectivity index (χ2v) is 8.43. The van der Waals surface area contributed by atoms with Crippen molar-refractivity contribution >= 4 is 22.8 Å². The van der Waals surface area contributed by atoms with Crippen molar-refractivity contribution in [2.24, 2.45) is 0 Å². The van der Waals surface area contributed by atoms with Gasteiger partial charge in [-0.1, -0.05) is 24.3 Å². The number of imidazole rings is 1. The van der Waals surface area contributed by atoms with Crippen LogP contribution >= 0.6 is 0 Å². The van der Waals surface area contributed by atoms with Gasteiger partial charge in [0.25, 0.3) is 11.8 Å². The summed E-state index contributed by atoms with van der Waals surface area (Å²) >= 11 is 0. The van der Waals surface area contributed by atoms with E-state index in [1.807, 2.05) is 77.4 Å². The molecule has 7 nitrogen and oxygen atoms in total. The Morgan fingerprint density at radius 3 is 2.50 bits per heavy atom. The number of nitrogens with one attached hydrogen (secondary N) is 2. The second-order valence-electron chi connectivity index (χ2n) is 8.43. The average molecular weight is 455 g/mol. The lowest BCUT2D eigenvalue weighted by Crippen LogP contribution is -2.30. The molecule has 0 radical (unpaired) electrons. The topological polar surface area (TPSA) is 85.2 Å². The minimum Gasteiger partial charge on any atom is -0.484 e. The van der Waals surface area contributed by atoms with E-state index in [1.165, 1.54) is 0 Å². The number of nitrogens with zero attached hydrogens (tertiary/aromatic N) is 2. The molecular weight excluding hydrogens is 428 g/mol. The number of fused-ring (bicyclic) bond motifs is 1. The van der Waals surface area contributed by atoms with Crippen molar-refractivity contribution in [1.82, 2.24) is 20.2 Å². The van der Waals surface area contributed by atoms with E-state index < -0.39 is 0 Å². The van der Waals surface area contributed by atoms with Gasteiger partial charge in [0, 0.05) is 23.8 Å². The summed E-state index contributed by atoms with van der Waals surface area (Å²) in [7, 11) is 0. The van der Waals surface area contributed by atoms with Gasteiger partial charge in [0.15, 0.2) is 6.61 Å². The highest BCUT2D eigenvalue weighted by molar-refractivity contribution is 5.94. The first kappa shape index (κ1) is 21.7. The number of ether oxygens (including phenoxy) is 1. The number of para-hydroxylation sites is 2. The average Bonchev–Trinajstić information content (AvgIpc) is 3.58. The van der Waals surface area contributed by atoms with E-state index in [0.29, 0.717) is 30.3 Å². The largest absolute Gasteiger partial charge is 0.484 e. The fourth-order valence-corrected chi connectivity index (χ4v) is 3.76. The van der Waals surface area contributed by atoms with E-state index in [0.717, 1.165) is 35.1 Å². The molecule has 1 saturated carbocycles. The van der Waals surface area contributed by atoms with Crippen LogP contribution in [0.2, 0.25) is 0 Å². The van der Waals surface area contributed by atoms with Gasteiger partial charge in [-0.15, -0.1) is 0 Å². The minimum atomic E-state index is -0.108. The van der Waals surface area contributed by atoms with Crippen LogP contribution in [0.3, 0.4) is 0 Å². The van der Waals surface area contributed by atoms with Crippen LogP contribution in [0.25, 0.3) is 16.7 Å². The van der Waals surface area contributed by atoms with Crippen LogP contribution in [-0.2, 0) is 11.2 Å². The number of aromatic nitrogens is 2. The quantitative estimate of drug-likeness (QED) is 0.404. The van der Waals surface area contributed by atoms with Gasteiger partial charge in [-0.2, -0.15) is 0 Å². The molecule has 0 saturated heterocycles. The number of benzene rings is 3.